The Labute approximate surface area is 188 Å². The van der Waals surface area contributed by atoms with E-state index in [0.717, 1.165) is 32.4 Å². The summed E-state index contributed by atoms with van der Waals surface area (Å²) in [5.41, 5.74) is 3.04. The monoisotopic (exact) mass is 429 g/mol. The number of benzene rings is 2. The second-order valence-corrected chi connectivity index (χ2v) is 7.87. The van der Waals surface area contributed by atoms with Crippen molar-refractivity contribution in [3.63, 3.8) is 0 Å². The second kappa shape index (κ2) is 10.1. The summed E-state index contributed by atoms with van der Waals surface area (Å²) in [5, 5.41) is 2.84. The molecule has 6 heteroatoms. The van der Waals surface area contributed by atoms with Crippen molar-refractivity contribution >= 4 is 17.5 Å². The van der Waals surface area contributed by atoms with Crippen LogP contribution in [0, 0.1) is 0 Å². The first-order chi connectivity index (χ1) is 15.6. The van der Waals surface area contributed by atoms with E-state index in [1.54, 1.807) is 42.6 Å². The van der Waals surface area contributed by atoms with Crippen molar-refractivity contribution in [3.8, 4) is 11.6 Å². The maximum absolute atomic E-state index is 12.6. The van der Waals surface area contributed by atoms with Gasteiger partial charge < -0.3 is 15.0 Å². The first-order valence-electron chi connectivity index (χ1n) is 11.1. The normalized spacial score (nSPS) is 13.5. The van der Waals surface area contributed by atoms with E-state index in [1.165, 1.54) is 12.0 Å². The number of likely N-dealkylation sites (tertiary alicyclic amines) is 1. The second-order valence-electron chi connectivity index (χ2n) is 7.87. The highest BCUT2D eigenvalue weighted by molar-refractivity contribution is 6.04. The van der Waals surface area contributed by atoms with Gasteiger partial charge in [-0.3, -0.25) is 9.59 Å². The Morgan fingerprint density at radius 2 is 1.59 bits per heavy atom. The molecule has 1 saturated heterocycles. The van der Waals surface area contributed by atoms with Gasteiger partial charge in [-0.25, -0.2) is 4.98 Å². The maximum atomic E-state index is 12.6. The Balaban J connectivity index is 1.33. The number of carbonyl (C=O) groups is 2. The number of carbonyl (C=O) groups excluding carboxylic acids is 2. The van der Waals surface area contributed by atoms with Crippen molar-refractivity contribution in [1.82, 2.24) is 9.88 Å². The molecule has 1 fully saturated rings. The smallest absolute Gasteiger partial charge is 0.255 e. The number of anilines is 1. The van der Waals surface area contributed by atoms with Crippen LogP contribution in [0.4, 0.5) is 5.69 Å². The van der Waals surface area contributed by atoms with Crippen LogP contribution >= 0.6 is 0 Å². The molecule has 2 amide bonds. The Bertz CT molecular complexity index is 1050. The average molecular weight is 430 g/mol. The van der Waals surface area contributed by atoms with Crippen molar-refractivity contribution < 1.29 is 14.3 Å². The molecule has 32 heavy (non-hydrogen) atoms. The molecule has 2 aromatic carbocycles. The fourth-order valence-electron chi connectivity index (χ4n) is 3.68. The van der Waals surface area contributed by atoms with Crippen molar-refractivity contribution in [2.45, 2.75) is 32.6 Å². The first kappa shape index (κ1) is 21.6. The number of pyridine rings is 1. The van der Waals surface area contributed by atoms with Crippen LogP contribution < -0.4 is 10.1 Å². The lowest BCUT2D eigenvalue weighted by Crippen LogP contribution is -2.35. The lowest BCUT2D eigenvalue weighted by atomic mass is 10.1. The number of nitrogens with zero attached hydrogens (tertiary/aromatic N) is 2. The minimum atomic E-state index is -0.183. The van der Waals surface area contributed by atoms with Crippen LogP contribution in [-0.4, -0.2) is 34.8 Å². The summed E-state index contributed by atoms with van der Waals surface area (Å²) in [6.07, 6.45) is 5.82. The summed E-state index contributed by atoms with van der Waals surface area (Å²) in [7, 11) is 0. The molecule has 0 aliphatic carbocycles. The Kier molecular flexibility index (Phi) is 6.80. The van der Waals surface area contributed by atoms with Gasteiger partial charge in [-0.15, -0.1) is 0 Å². The lowest BCUT2D eigenvalue weighted by Gasteiger charge is -2.26. The molecular formula is C26H27N3O3. The zero-order chi connectivity index (χ0) is 22.3. The number of hydrogen-bond acceptors (Lipinski definition) is 4. The topological polar surface area (TPSA) is 71.5 Å². The van der Waals surface area contributed by atoms with Crippen molar-refractivity contribution in [3.05, 3.63) is 83.6 Å². The molecule has 164 valence electrons. The van der Waals surface area contributed by atoms with Gasteiger partial charge in [0.1, 0.15) is 5.75 Å². The van der Waals surface area contributed by atoms with Crippen LogP contribution in [0.5, 0.6) is 11.6 Å². The molecule has 1 aliphatic rings. The van der Waals surface area contributed by atoms with Gasteiger partial charge >= 0.3 is 0 Å². The third-order valence-electron chi connectivity index (χ3n) is 5.59. The van der Waals surface area contributed by atoms with Crippen LogP contribution in [0.2, 0.25) is 0 Å². The molecule has 4 rings (SSSR count). The van der Waals surface area contributed by atoms with Gasteiger partial charge in [0.05, 0.1) is 11.9 Å². The van der Waals surface area contributed by atoms with Gasteiger partial charge in [-0.05, 0) is 73.7 Å². The van der Waals surface area contributed by atoms with E-state index in [0.29, 0.717) is 28.4 Å². The molecular weight excluding hydrogens is 402 g/mol. The van der Waals surface area contributed by atoms with E-state index < -0.39 is 0 Å². The molecule has 1 N–H and O–H groups in total. The highest BCUT2D eigenvalue weighted by Crippen LogP contribution is 2.22. The number of amides is 2. The van der Waals surface area contributed by atoms with Crippen LogP contribution in [0.25, 0.3) is 0 Å². The van der Waals surface area contributed by atoms with E-state index >= 15 is 0 Å². The summed E-state index contributed by atoms with van der Waals surface area (Å²) in [4.78, 5) is 31.1. The average Bonchev–Trinajstić information content (AvgIpc) is 2.86. The minimum Gasteiger partial charge on any atom is -0.439 e. The molecule has 6 nitrogen and oxygen atoms in total. The van der Waals surface area contributed by atoms with E-state index in [2.05, 4.69) is 17.2 Å². The molecule has 0 unspecified atom stereocenters. The molecule has 1 aromatic heterocycles. The van der Waals surface area contributed by atoms with Gasteiger partial charge in [0.25, 0.3) is 11.8 Å². The summed E-state index contributed by atoms with van der Waals surface area (Å²) in [6, 6.07) is 18.1. The quantitative estimate of drug-likeness (QED) is 0.576. The molecule has 0 spiro atoms. The van der Waals surface area contributed by atoms with E-state index in [9.17, 15) is 9.59 Å². The molecule has 2 heterocycles. The van der Waals surface area contributed by atoms with Crippen LogP contribution in [0.1, 0.15) is 52.5 Å². The fraction of sp³-hybridized carbons (Fsp3) is 0.269. The predicted molar refractivity (Wildman–Crippen MR) is 124 cm³/mol. The summed E-state index contributed by atoms with van der Waals surface area (Å²) >= 11 is 0. The van der Waals surface area contributed by atoms with Gasteiger partial charge in [-0.2, -0.15) is 0 Å². The van der Waals surface area contributed by atoms with E-state index in [-0.39, 0.29) is 11.8 Å². The Hall–Kier alpha value is -3.67. The van der Waals surface area contributed by atoms with Crippen molar-refractivity contribution in [2.24, 2.45) is 0 Å². The molecule has 0 bridgehead atoms. The van der Waals surface area contributed by atoms with Gasteiger partial charge in [0.2, 0.25) is 5.88 Å². The largest absolute Gasteiger partial charge is 0.439 e. The first-order valence-corrected chi connectivity index (χ1v) is 11.1. The number of piperidine rings is 1. The Morgan fingerprint density at radius 1 is 0.906 bits per heavy atom. The van der Waals surface area contributed by atoms with Gasteiger partial charge in [-0.1, -0.05) is 19.1 Å². The van der Waals surface area contributed by atoms with Crippen LogP contribution in [0.3, 0.4) is 0 Å². The molecule has 0 saturated carbocycles. The molecule has 0 atom stereocenters. The number of nitrogens with one attached hydrogen (secondary N) is 1. The van der Waals surface area contributed by atoms with E-state index in [4.69, 9.17) is 4.74 Å². The third kappa shape index (κ3) is 5.32. The van der Waals surface area contributed by atoms with E-state index in [1.807, 2.05) is 29.2 Å². The van der Waals surface area contributed by atoms with Crippen LogP contribution in [-0.2, 0) is 6.42 Å². The SMILES string of the molecule is CCc1ccc(C(=O)Nc2ccc(Oc3ccc(C(=O)N4CCCCC4)cc3)nc2)cc1. The number of aryl methyl sites for hydroxylation is 1. The lowest BCUT2D eigenvalue weighted by molar-refractivity contribution is 0.0724. The summed E-state index contributed by atoms with van der Waals surface area (Å²) in [6.45, 7) is 3.73. The molecule has 0 radical (unpaired) electrons. The minimum absolute atomic E-state index is 0.0683. The number of hydrogen-bond donors (Lipinski definition) is 1. The third-order valence-corrected chi connectivity index (χ3v) is 5.59. The summed E-state index contributed by atoms with van der Waals surface area (Å²) < 4.78 is 5.78. The highest BCUT2D eigenvalue weighted by Gasteiger charge is 2.18. The number of ether oxygens (including phenoxy) is 1. The number of aromatic nitrogens is 1. The van der Waals surface area contributed by atoms with Crippen LogP contribution in [0.15, 0.2) is 66.9 Å². The fourth-order valence-corrected chi connectivity index (χ4v) is 3.68. The molecule has 1 aliphatic heterocycles. The Morgan fingerprint density at radius 3 is 2.22 bits per heavy atom. The highest BCUT2D eigenvalue weighted by atomic mass is 16.5. The molecule has 3 aromatic rings. The predicted octanol–water partition coefficient (Wildman–Crippen LogP) is 5.31. The zero-order valence-corrected chi connectivity index (χ0v) is 18.2. The van der Waals surface area contributed by atoms with Gasteiger partial charge in [0.15, 0.2) is 0 Å². The maximum Gasteiger partial charge on any atom is 0.255 e. The summed E-state index contributed by atoms with van der Waals surface area (Å²) in [5.74, 6) is 0.891. The standard InChI is InChI=1S/C26H27N3O3/c1-2-19-6-8-20(9-7-19)25(30)28-22-12-15-24(27-18-22)32-23-13-10-21(11-14-23)26(31)29-16-4-3-5-17-29/h6-15,18H,2-5,16-17H2,1H3,(H,28,30). The number of rotatable bonds is 6. The van der Waals surface area contributed by atoms with Gasteiger partial charge in [0, 0.05) is 30.3 Å². The van der Waals surface area contributed by atoms with Crippen molar-refractivity contribution in [1.29, 1.82) is 0 Å². The van der Waals surface area contributed by atoms with Crippen molar-refractivity contribution in [2.75, 3.05) is 18.4 Å². The zero-order valence-electron chi connectivity index (χ0n) is 18.2.